The quantitative estimate of drug-likeness (QED) is 0.843. The third kappa shape index (κ3) is 5.03. The van der Waals surface area contributed by atoms with Gasteiger partial charge in [0, 0.05) is 6.04 Å². The molecule has 0 bridgehead atoms. The molecule has 1 atom stereocenters. The minimum atomic E-state index is -0.0515. The molecule has 3 nitrogen and oxygen atoms in total. The van der Waals surface area contributed by atoms with Gasteiger partial charge in [0.25, 0.3) is 0 Å². The zero-order valence-electron chi connectivity index (χ0n) is 13.1. The van der Waals surface area contributed by atoms with Crippen LogP contribution in [0.3, 0.4) is 0 Å². The van der Waals surface area contributed by atoms with Crippen LogP contribution in [0.2, 0.25) is 0 Å². The van der Waals surface area contributed by atoms with Gasteiger partial charge in [0.15, 0.2) is 0 Å². The molecule has 1 heterocycles. The molecule has 0 spiro atoms. The van der Waals surface area contributed by atoms with Gasteiger partial charge in [-0.15, -0.1) is 0 Å². The summed E-state index contributed by atoms with van der Waals surface area (Å²) in [6, 6.07) is 14.5. The highest BCUT2D eigenvalue weighted by molar-refractivity contribution is 5.19. The summed E-state index contributed by atoms with van der Waals surface area (Å²) < 4.78 is 5.54. The molecule has 1 aromatic carbocycles. The Hall–Kier alpha value is -1.58. The summed E-state index contributed by atoms with van der Waals surface area (Å²) in [6.45, 7) is 7.36. The first-order valence-electron chi connectivity index (χ1n) is 7.45. The third-order valence-electron chi connectivity index (χ3n) is 3.41. The van der Waals surface area contributed by atoms with Gasteiger partial charge in [0.05, 0.1) is 6.54 Å². The van der Waals surface area contributed by atoms with Gasteiger partial charge in [-0.05, 0) is 29.5 Å². The molecule has 0 saturated heterocycles. The smallest absolute Gasteiger partial charge is 0.129 e. The molecule has 0 aliphatic carbocycles. The molecule has 21 heavy (non-hydrogen) atoms. The van der Waals surface area contributed by atoms with Crippen molar-refractivity contribution in [2.24, 2.45) is 5.41 Å². The minimum absolute atomic E-state index is 0.0515. The van der Waals surface area contributed by atoms with E-state index in [4.69, 9.17) is 9.52 Å². The Labute approximate surface area is 127 Å². The van der Waals surface area contributed by atoms with Crippen LogP contribution in [0, 0.1) is 5.41 Å². The molecule has 3 heteroatoms. The highest BCUT2D eigenvalue weighted by Gasteiger charge is 2.20. The summed E-state index contributed by atoms with van der Waals surface area (Å²) in [5.41, 5.74) is 1.54. The Bertz CT molecular complexity index is 540. The SMILES string of the molecule is CC(C)(C)CC(NCc1ccc(CO)o1)c1ccccc1. The summed E-state index contributed by atoms with van der Waals surface area (Å²) in [5, 5.41) is 12.6. The third-order valence-corrected chi connectivity index (χ3v) is 3.41. The van der Waals surface area contributed by atoms with Crippen LogP contribution >= 0.6 is 0 Å². The molecule has 2 aromatic rings. The van der Waals surface area contributed by atoms with E-state index < -0.39 is 0 Å². The summed E-state index contributed by atoms with van der Waals surface area (Å²) in [7, 11) is 0. The molecule has 2 rings (SSSR count). The fourth-order valence-corrected chi connectivity index (χ4v) is 2.43. The molecular formula is C18H25NO2. The van der Waals surface area contributed by atoms with Crippen LogP contribution in [0.4, 0.5) is 0 Å². The Morgan fingerprint density at radius 1 is 1.05 bits per heavy atom. The van der Waals surface area contributed by atoms with Crippen LogP contribution in [0.1, 0.15) is 50.3 Å². The van der Waals surface area contributed by atoms with E-state index in [1.165, 1.54) is 5.56 Å². The Kier molecular flexibility index (Phi) is 5.21. The molecular weight excluding hydrogens is 262 g/mol. The van der Waals surface area contributed by atoms with Gasteiger partial charge in [0.1, 0.15) is 18.1 Å². The van der Waals surface area contributed by atoms with Crippen molar-refractivity contribution in [3.8, 4) is 0 Å². The topological polar surface area (TPSA) is 45.4 Å². The largest absolute Gasteiger partial charge is 0.462 e. The van der Waals surface area contributed by atoms with Crippen molar-refractivity contribution >= 4 is 0 Å². The molecule has 0 fully saturated rings. The number of nitrogens with one attached hydrogen (secondary N) is 1. The lowest BCUT2D eigenvalue weighted by Crippen LogP contribution is -2.25. The first kappa shape index (κ1) is 15.8. The van der Waals surface area contributed by atoms with Gasteiger partial charge in [-0.3, -0.25) is 0 Å². The van der Waals surface area contributed by atoms with E-state index in [1.807, 2.05) is 18.2 Å². The predicted octanol–water partition coefficient (Wildman–Crippen LogP) is 4.04. The van der Waals surface area contributed by atoms with Gasteiger partial charge < -0.3 is 14.8 Å². The maximum absolute atomic E-state index is 9.05. The summed E-state index contributed by atoms with van der Waals surface area (Å²) in [4.78, 5) is 0. The van der Waals surface area contributed by atoms with Crippen LogP contribution in [0.15, 0.2) is 46.9 Å². The van der Waals surface area contributed by atoms with E-state index in [1.54, 1.807) is 0 Å². The number of rotatable bonds is 6. The highest BCUT2D eigenvalue weighted by Crippen LogP contribution is 2.29. The van der Waals surface area contributed by atoms with Crippen molar-refractivity contribution in [3.05, 3.63) is 59.5 Å². The lowest BCUT2D eigenvalue weighted by molar-refractivity contribution is 0.241. The predicted molar refractivity (Wildman–Crippen MR) is 84.7 cm³/mol. The normalized spacial score (nSPS) is 13.3. The van der Waals surface area contributed by atoms with Crippen molar-refractivity contribution in [2.45, 2.75) is 46.4 Å². The van der Waals surface area contributed by atoms with Gasteiger partial charge >= 0.3 is 0 Å². The molecule has 0 aliphatic rings. The summed E-state index contributed by atoms with van der Waals surface area (Å²) in [6.07, 6.45) is 1.05. The molecule has 1 aromatic heterocycles. The van der Waals surface area contributed by atoms with Crippen molar-refractivity contribution in [3.63, 3.8) is 0 Å². The molecule has 0 radical (unpaired) electrons. The maximum Gasteiger partial charge on any atom is 0.129 e. The second-order valence-corrected chi connectivity index (χ2v) is 6.64. The van der Waals surface area contributed by atoms with Gasteiger partial charge in [-0.25, -0.2) is 0 Å². The maximum atomic E-state index is 9.05. The second kappa shape index (κ2) is 6.92. The van der Waals surface area contributed by atoms with Gasteiger partial charge in [0.2, 0.25) is 0 Å². The zero-order valence-corrected chi connectivity index (χ0v) is 13.1. The second-order valence-electron chi connectivity index (χ2n) is 6.64. The van der Waals surface area contributed by atoms with E-state index in [2.05, 4.69) is 50.4 Å². The molecule has 0 aliphatic heterocycles. The number of aliphatic hydroxyl groups excluding tert-OH is 1. The van der Waals surface area contributed by atoms with E-state index in [0.29, 0.717) is 12.3 Å². The lowest BCUT2D eigenvalue weighted by atomic mass is 9.85. The molecule has 1 unspecified atom stereocenters. The zero-order chi connectivity index (χ0) is 15.3. The number of hydrogen-bond donors (Lipinski definition) is 2. The van der Waals surface area contributed by atoms with Gasteiger partial charge in [-0.1, -0.05) is 51.1 Å². The Morgan fingerprint density at radius 2 is 1.71 bits per heavy atom. The van der Waals surface area contributed by atoms with Crippen LogP contribution in [-0.4, -0.2) is 5.11 Å². The van der Waals surface area contributed by atoms with Crippen LogP contribution in [-0.2, 0) is 13.2 Å². The molecule has 0 amide bonds. The van der Waals surface area contributed by atoms with Crippen molar-refractivity contribution in [1.82, 2.24) is 5.32 Å². The summed E-state index contributed by atoms with van der Waals surface area (Å²) >= 11 is 0. The average molecular weight is 287 g/mol. The van der Waals surface area contributed by atoms with Crippen molar-refractivity contribution < 1.29 is 9.52 Å². The fraction of sp³-hybridized carbons (Fsp3) is 0.444. The first-order valence-corrected chi connectivity index (χ1v) is 7.45. The number of hydrogen-bond acceptors (Lipinski definition) is 3. The van der Waals surface area contributed by atoms with Crippen molar-refractivity contribution in [2.75, 3.05) is 0 Å². The lowest BCUT2D eigenvalue weighted by Gasteiger charge is -2.27. The fourth-order valence-electron chi connectivity index (χ4n) is 2.43. The Balaban J connectivity index is 2.05. The average Bonchev–Trinajstić information content (AvgIpc) is 2.91. The number of benzene rings is 1. The first-order chi connectivity index (χ1) is 9.98. The van der Waals surface area contributed by atoms with E-state index in [0.717, 1.165) is 12.2 Å². The van der Waals surface area contributed by atoms with E-state index >= 15 is 0 Å². The minimum Gasteiger partial charge on any atom is -0.462 e. The van der Waals surface area contributed by atoms with Crippen molar-refractivity contribution in [1.29, 1.82) is 0 Å². The molecule has 114 valence electrons. The summed E-state index contributed by atoms with van der Waals surface area (Å²) in [5.74, 6) is 1.47. The standard InChI is InChI=1S/C18H25NO2/c1-18(2,3)11-17(14-7-5-4-6-8-14)19-12-15-9-10-16(13-20)21-15/h4-10,17,19-20H,11-13H2,1-3H3. The number of furan rings is 1. The van der Waals surface area contributed by atoms with Crippen LogP contribution < -0.4 is 5.32 Å². The van der Waals surface area contributed by atoms with Crippen LogP contribution in [0.5, 0.6) is 0 Å². The number of aliphatic hydroxyl groups is 1. The molecule has 2 N–H and O–H groups in total. The highest BCUT2D eigenvalue weighted by atomic mass is 16.4. The monoisotopic (exact) mass is 287 g/mol. The Morgan fingerprint density at radius 3 is 2.29 bits per heavy atom. The van der Waals surface area contributed by atoms with Crippen LogP contribution in [0.25, 0.3) is 0 Å². The van der Waals surface area contributed by atoms with Gasteiger partial charge in [-0.2, -0.15) is 0 Å². The molecule has 0 saturated carbocycles. The van der Waals surface area contributed by atoms with E-state index in [9.17, 15) is 0 Å². The van der Waals surface area contributed by atoms with E-state index in [-0.39, 0.29) is 18.1 Å².